The lowest BCUT2D eigenvalue weighted by Gasteiger charge is -2.30. The minimum atomic E-state index is -2.84. The Labute approximate surface area is 145 Å². The predicted octanol–water partition coefficient (Wildman–Crippen LogP) is 3.36. The number of ether oxygens (including phenoxy) is 1. The fourth-order valence-corrected chi connectivity index (χ4v) is 2.99. The molecule has 1 aliphatic rings. The van der Waals surface area contributed by atoms with E-state index in [9.17, 15) is 13.6 Å². The van der Waals surface area contributed by atoms with Crippen molar-refractivity contribution in [3.63, 3.8) is 0 Å². The second-order valence-corrected chi connectivity index (χ2v) is 5.95. The van der Waals surface area contributed by atoms with Crippen LogP contribution >= 0.6 is 0 Å². The fraction of sp³-hybridized carbons (Fsp3) is 0.316. The summed E-state index contributed by atoms with van der Waals surface area (Å²) in [5.41, 5.74) is 3.22. The average molecular weight is 346 g/mol. The van der Waals surface area contributed by atoms with Crippen molar-refractivity contribution in [2.75, 3.05) is 18.0 Å². The number of rotatable bonds is 6. The highest BCUT2D eigenvalue weighted by Crippen LogP contribution is 2.26. The Morgan fingerprint density at radius 2 is 1.92 bits per heavy atom. The van der Waals surface area contributed by atoms with E-state index in [1.165, 1.54) is 17.7 Å². The van der Waals surface area contributed by atoms with E-state index in [0.29, 0.717) is 13.1 Å². The number of hydrogen-bond acceptors (Lipinski definition) is 3. The Hall–Kier alpha value is -2.63. The van der Waals surface area contributed by atoms with Crippen LogP contribution in [0.5, 0.6) is 5.75 Å². The van der Waals surface area contributed by atoms with Gasteiger partial charge in [0.25, 0.3) is 0 Å². The fourth-order valence-electron chi connectivity index (χ4n) is 2.99. The summed E-state index contributed by atoms with van der Waals surface area (Å²) in [4.78, 5) is 14.3. The van der Waals surface area contributed by atoms with Gasteiger partial charge in [0.1, 0.15) is 5.75 Å². The molecule has 132 valence electrons. The molecule has 4 nitrogen and oxygen atoms in total. The molecule has 0 saturated heterocycles. The third kappa shape index (κ3) is 4.68. The van der Waals surface area contributed by atoms with Crippen molar-refractivity contribution >= 4 is 11.6 Å². The van der Waals surface area contributed by atoms with E-state index in [1.54, 1.807) is 12.1 Å². The number of fused-ring (bicyclic) bond motifs is 1. The lowest BCUT2D eigenvalue weighted by atomic mass is 10.0. The lowest BCUT2D eigenvalue weighted by Crippen LogP contribution is -2.39. The summed E-state index contributed by atoms with van der Waals surface area (Å²) in [6.07, 6.45) is 2.08. The Morgan fingerprint density at radius 1 is 1.16 bits per heavy atom. The third-order valence-electron chi connectivity index (χ3n) is 4.18. The van der Waals surface area contributed by atoms with Crippen molar-refractivity contribution in [1.82, 2.24) is 5.32 Å². The number of halogens is 2. The van der Waals surface area contributed by atoms with Gasteiger partial charge in [-0.2, -0.15) is 8.78 Å². The molecular weight excluding hydrogens is 326 g/mol. The number of anilines is 1. The first-order valence-corrected chi connectivity index (χ1v) is 8.25. The number of alkyl halides is 2. The molecule has 0 saturated carbocycles. The topological polar surface area (TPSA) is 41.6 Å². The minimum absolute atomic E-state index is 0.0652. The number of amides is 1. The molecule has 0 spiro atoms. The van der Waals surface area contributed by atoms with Gasteiger partial charge in [0.15, 0.2) is 0 Å². The first-order valence-electron chi connectivity index (χ1n) is 8.25. The van der Waals surface area contributed by atoms with Crippen LogP contribution in [0, 0.1) is 0 Å². The Bertz CT molecular complexity index is 720. The SMILES string of the molecule is O=C(CN1CCCc2ccccc21)NCc1ccc(OC(F)F)cc1. The molecule has 0 radical (unpaired) electrons. The third-order valence-corrected chi connectivity index (χ3v) is 4.18. The van der Waals surface area contributed by atoms with Crippen LogP contribution in [-0.2, 0) is 17.8 Å². The normalized spacial score (nSPS) is 13.5. The zero-order chi connectivity index (χ0) is 17.6. The number of nitrogens with zero attached hydrogens (tertiary/aromatic N) is 1. The summed E-state index contributed by atoms with van der Waals surface area (Å²) in [5, 5.41) is 2.87. The Kier molecular flexibility index (Phi) is 5.48. The quantitative estimate of drug-likeness (QED) is 0.872. The maximum absolute atomic E-state index is 12.2. The van der Waals surface area contributed by atoms with Crippen LogP contribution < -0.4 is 15.0 Å². The zero-order valence-electron chi connectivity index (χ0n) is 13.8. The second kappa shape index (κ2) is 7.96. The molecule has 3 rings (SSSR count). The van der Waals surface area contributed by atoms with Crippen LogP contribution in [0.1, 0.15) is 17.5 Å². The molecule has 1 amide bonds. The largest absolute Gasteiger partial charge is 0.435 e. The van der Waals surface area contributed by atoms with E-state index in [4.69, 9.17) is 0 Å². The Morgan fingerprint density at radius 3 is 2.68 bits per heavy atom. The van der Waals surface area contributed by atoms with Crippen LogP contribution in [0.15, 0.2) is 48.5 Å². The summed E-state index contributed by atoms with van der Waals surface area (Å²) >= 11 is 0. The number of para-hydroxylation sites is 1. The number of nitrogens with one attached hydrogen (secondary N) is 1. The maximum Gasteiger partial charge on any atom is 0.387 e. The smallest absolute Gasteiger partial charge is 0.387 e. The van der Waals surface area contributed by atoms with E-state index in [1.807, 2.05) is 18.2 Å². The molecule has 1 aliphatic heterocycles. The van der Waals surface area contributed by atoms with E-state index >= 15 is 0 Å². The van der Waals surface area contributed by atoms with Gasteiger partial charge in [0, 0.05) is 18.8 Å². The van der Waals surface area contributed by atoms with Gasteiger partial charge < -0.3 is 15.0 Å². The molecule has 2 aromatic rings. The van der Waals surface area contributed by atoms with E-state index in [-0.39, 0.29) is 11.7 Å². The van der Waals surface area contributed by atoms with Gasteiger partial charge in [-0.3, -0.25) is 4.79 Å². The lowest BCUT2D eigenvalue weighted by molar-refractivity contribution is -0.119. The van der Waals surface area contributed by atoms with Crippen molar-refractivity contribution < 1.29 is 18.3 Å². The van der Waals surface area contributed by atoms with Gasteiger partial charge in [0.2, 0.25) is 5.91 Å². The highest BCUT2D eigenvalue weighted by atomic mass is 19.3. The molecular formula is C19H20F2N2O2. The predicted molar refractivity (Wildman–Crippen MR) is 91.9 cm³/mol. The summed E-state index contributed by atoms with van der Waals surface area (Å²) in [7, 11) is 0. The van der Waals surface area contributed by atoms with Crippen LogP contribution in [0.4, 0.5) is 14.5 Å². The molecule has 0 unspecified atom stereocenters. The average Bonchev–Trinajstić information content (AvgIpc) is 2.61. The van der Waals surface area contributed by atoms with Crippen molar-refractivity contribution in [3.8, 4) is 5.75 Å². The molecule has 1 N–H and O–H groups in total. The zero-order valence-corrected chi connectivity index (χ0v) is 13.8. The van der Waals surface area contributed by atoms with E-state index < -0.39 is 6.61 Å². The van der Waals surface area contributed by atoms with E-state index in [0.717, 1.165) is 30.6 Å². The summed E-state index contributed by atoms with van der Waals surface area (Å²) < 4.78 is 28.5. The van der Waals surface area contributed by atoms with Crippen LogP contribution in [0.3, 0.4) is 0 Å². The van der Waals surface area contributed by atoms with Gasteiger partial charge in [-0.05, 0) is 42.2 Å². The number of carbonyl (C=O) groups excluding carboxylic acids is 1. The van der Waals surface area contributed by atoms with Gasteiger partial charge in [-0.25, -0.2) is 0 Å². The van der Waals surface area contributed by atoms with Gasteiger partial charge in [-0.15, -0.1) is 0 Å². The molecule has 0 fully saturated rings. The molecule has 6 heteroatoms. The molecule has 0 aromatic heterocycles. The number of hydrogen-bond donors (Lipinski definition) is 1. The van der Waals surface area contributed by atoms with Gasteiger partial charge in [0.05, 0.1) is 6.54 Å². The van der Waals surface area contributed by atoms with Gasteiger partial charge >= 0.3 is 6.61 Å². The Balaban J connectivity index is 1.52. The number of aryl methyl sites for hydroxylation is 1. The van der Waals surface area contributed by atoms with Crippen molar-refractivity contribution in [1.29, 1.82) is 0 Å². The maximum atomic E-state index is 12.2. The summed E-state index contributed by atoms with van der Waals surface area (Å²) in [5.74, 6) is 0.0413. The number of carbonyl (C=O) groups is 1. The molecule has 25 heavy (non-hydrogen) atoms. The van der Waals surface area contributed by atoms with Crippen LogP contribution in [0.2, 0.25) is 0 Å². The molecule has 0 bridgehead atoms. The monoisotopic (exact) mass is 346 g/mol. The highest BCUT2D eigenvalue weighted by molar-refractivity contribution is 5.81. The standard InChI is InChI=1S/C19H20F2N2O2/c20-19(21)25-16-9-7-14(8-10-16)12-22-18(24)13-23-11-3-5-15-4-1-2-6-17(15)23/h1-2,4,6-10,19H,3,5,11-13H2,(H,22,24). The van der Waals surface area contributed by atoms with Gasteiger partial charge in [-0.1, -0.05) is 30.3 Å². The van der Waals surface area contributed by atoms with Crippen LogP contribution in [0.25, 0.3) is 0 Å². The van der Waals surface area contributed by atoms with E-state index in [2.05, 4.69) is 21.0 Å². The summed E-state index contributed by atoms with van der Waals surface area (Å²) in [6.45, 7) is -1.31. The summed E-state index contributed by atoms with van der Waals surface area (Å²) in [6, 6.07) is 14.4. The minimum Gasteiger partial charge on any atom is -0.435 e. The highest BCUT2D eigenvalue weighted by Gasteiger charge is 2.18. The van der Waals surface area contributed by atoms with Crippen LogP contribution in [-0.4, -0.2) is 25.6 Å². The molecule has 0 atom stereocenters. The second-order valence-electron chi connectivity index (χ2n) is 5.95. The van der Waals surface area contributed by atoms with Crippen molar-refractivity contribution in [3.05, 3.63) is 59.7 Å². The number of benzene rings is 2. The molecule has 1 heterocycles. The first-order chi connectivity index (χ1) is 12.1. The first kappa shape index (κ1) is 17.2. The van der Waals surface area contributed by atoms with Crippen molar-refractivity contribution in [2.45, 2.75) is 26.0 Å². The van der Waals surface area contributed by atoms with Crippen molar-refractivity contribution in [2.24, 2.45) is 0 Å². The molecule has 2 aromatic carbocycles. The molecule has 0 aliphatic carbocycles.